The summed E-state index contributed by atoms with van der Waals surface area (Å²) >= 11 is 0. The van der Waals surface area contributed by atoms with Crippen molar-refractivity contribution >= 4 is 5.97 Å². The molecule has 2 N–H and O–H groups in total. The van der Waals surface area contributed by atoms with E-state index in [4.69, 9.17) is 9.47 Å². The number of aromatic nitrogens is 2. The molecule has 0 spiro atoms. The van der Waals surface area contributed by atoms with Gasteiger partial charge in [-0.05, 0) is 47.3 Å². The van der Waals surface area contributed by atoms with Crippen LogP contribution in [0.25, 0.3) is 0 Å². The standard InChI is InChI=1S/C25H36N2O5/c1-24(2,3)19-10-17(11-20(14-19)25(16-31-5)6-8-32-9-7-25)18(13-23(29)30)12-21-15-22(28)27(4)26-21/h10-11,14-15,18,28H,6-9,12-13,16H2,1-5H3,(H,29,30). The minimum Gasteiger partial charge on any atom is -0.493 e. The van der Waals surface area contributed by atoms with Crippen molar-refractivity contribution in [1.29, 1.82) is 0 Å². The zero-order chi connectivity index (χ0) is 23.5. The zero-order valence-electron chi connectivity index (χ0n) is 19.9. The van der Waals surface area contributed by atoms with Crippen molar-refractivity contribution in [2.75, 3.05) is 26.9 Å². The first-order chi connectivity index (χ1) is 15.0. The van der Waals surface area contributed by atoms with E-state index in [0.717, 1.165) is 18.4 Å². The third kappa shape index (κ3) is 5.51. The van der Waals surface area contributed by atoms with Gasteiger partial charge in [-0.25, -0.2) is 4.68 Å². The summed E-state index contributed by atoms with van der Waals surface area (Å²) in [4.78, 5) is 11.8. The molecule has 2 aromatic rings. The third-order valence-electron chi connectivity index (χ3n) is 6.56. The Hall–Kier alpha value is -2.38. The van der Waals surface area contributed by atoms with E-state index in [1.54, 1.807) is 20.2 Å². The van der Waals surface area contributed by atoms with Crippen LogP contribution in [-0.2, 0) is 38.6 Å². The predicted octanol–water partition coefficient (Wildman–Crippen LogP) is 3.92. The van der Waals surface area contributed by atoms with Gasteiger partial charge in [0.15, 0.2) is 0 Å². The van der Waals surface area contributed by atoms with Gasteiger partial charge in [0.05, 0.1) is 18.7 Å². The molecule has 0 aliphatic carbocycles. The fourth-order valence-electron chi connectivity index (χ4n) is 4.57. The molecule has 1 fully saturated rings. The van der Waals surface area contributed by atoms with E-state index in [0.29, 0.717) is 31.9 Å². The number of carboxylic acids is 1. The lowest BCUT2D eigenvalue weighted by Gasteiger charge is -2.38. The van der Waals surface area contributed by atoms with Crippen molar-refractivity contribution in [3.63, 3.8) is 0 Å². The van der Waals surface area contributed by atoms with Gasteiger partial charge in [-0.1, -0.05) is 39.0 Å². The van der Waals surface area contributed by atoms with Gasteiger partial charge in [0.1, 0.15) is 0 Å². The van der Waals surface area contributed by atoms with Crippen LogP contribution in [-0.4, -0.2) is 52.9 Å². The second-order valence-electron chi connectivity index (χ2n) is 10.0. The van der Waals surface area contributed by atoms with E-state index in [2.05, 4.69) is 44.1 Å². The summed E-state index contributed by atoms with van der Waals surface area (Å²) in [5.74, 6) is -1.04. The van der Waals surface area contributed by atoms with Crippen molar-refractivity contribution in [2.24, 2.45) is 7.05 Å². The number of aromatic hydroxyl groups is 1. The SMILES string of the molecule is COCC1(c2cc(C(CC(=O)O)Cc3cc(O)n(C)n3)cc(C(C)(C)C)c2)CCOCC1. The van der Waals surface area contributed by atoms with E-state index in [1.165, 1.54) is 15.8 Å². The molecule has 1 aliphatic rings. The highest BCUT2D eigenvalue weighted by atomic mass is 16.5. The number of carbonyl (C=O) groups is 1. The maximum atomic E-state index is 11.8. The molecule has 32 heavy (non-hydrogen) atoms. The zero-order valence-corrected chi connectivity index (χ0v) is 19.9. The van der Waals surface area contributed by atoms with E-state index < -0.39 is 5.97 Å². The number of carboxylic acid groups (broad SMARTS) is 1. The smallest absolute Gasteiger partial charge is 0.303 e. The maximum Gasteiger partial charge on any atom is 0.303 e. The van der Waals surface area contributed by atoms with Crippen molar-refractivity contribution in [2.45, 2.75) is 63.2 Å². The fourth-order valence-corrected chi connectivity index (χ4v) is 4.57. The van der Waals surface area contributed by atoms with E-state index in [-0.39, 0.29) is 29.0 Å². The van der Waals surface area contributed by atoms with Crippen molar-refractivity contribution < 1.29 is 24.5 Å². The van der Waals surface area contributed by atoms with Crippen LogP contribution in [0.15, 0.2) is 24.3 Å². The highest BCUT2D eigenvalue weighted by Crippen LogP contribution is 2.40. The molecular formula is C25H36N2O5. The van der Waals surface area contributed by atoms with Gasteiger partial charge in [0.25, 0.3) is 0 Å². The van der Waals surface area contributed by atoms with Crippen molar-refractivity contribution in [3.8, 4) is 5.88 Å². The summed E-state index contributed by atoms with van der Waals surface area (Å²) in [5.41, 5.74) is 3.77. The van der Waals surface area contributed by atoms with Crippen LogP contribution in [0.5, 0.6) is 5.88 Å². The van der Waals surface area contributed by atoms with Gasteiger partial charge in [0.2, 0.25) is 5.88 Å². The van der Waals surface area contributed by atoms with E-state index in [1.807, 2.05) is 0 Å². The third-order valence-corrected chi connectivity index (χ3v) is 6.56. The van der Waals surface area contributed by atoms with Crippen LogP contribution >= 0.6 is 0 Å². The topological polar surface area (TPSA) is 93.8 Å². The summed E-state index contributed by atoms with van der Waals surface area (Å²) in [6.07, 6.45) is 2.16. The minimum absolute atomic E-state index is 0.00917. The van der Waals surface area contributed by atoms with Gasteiger partial charge in [0, 0.05) is 38.9 Å². The number of hydrogen-bond donors (Lipinski definition) is 2. The molecule has 1 aromatic carbocycles. The Morgan fingerprint density at radius 1 is 1.25 bits per heavy atom. The minimum atomic E-state index is -0.851. The van der Waals surface area contributed by atoms with Gasteiger partial charge < -0.3 is 19.7 Å². The Morgan fingerprint density at radius 3 is 2.47 bits per heavy atom. The first-order valence-electron chi connectivity index (χ1n) is 11.2. The number of rotatable bonds is 8. The van der Waals surface area contributed by atoms with Crippen LogP contribution in [0.4, 0.5) is 0 Å². The predicted molar refractivity (Wildman–Crippen MR) is 122 cm³/mol. The molecule has 7 nitrogen and oxygen atoms in total. The van der Waals surface area contributed by atoms with Crippen molar-refractivity contribution in [1.82, 2.24) is 9.78 Å². The first kappa shape index (κ1) is 24.3. The molecule has 1 unspecified atom stereocenters. The molecule has 2 heterocycles. The highest BCUT2D eigenvalue weighted by Gasteiger charge is 2.36. The number of methoxy groups -OCH3 is 1. The number of nitrogens with zero attached hydrogens (tertiary/aromatic N) is 2. The second kappa shape index (κ2) is 9.63. The molecule has 1 aromatic heterocycles. The summed E-state index contributed by atoms with van der Waals surface area (Å²) in [6.45, 7) is 8.49. The van der Waals surface area contributed by atoms with Gasteiger partial charge >= 0.3 is 5.97 Å². The molecule has 7 heteroatoms. The molecule has 3 rings (SSSR count). The Balaban J connectivity index is 2.10. The molecular weight excluding hydrogens is 408 g/mol. The number of aryl methyl sites for hydroxylation is 1. The molecule has 1 aliphatic heterocycles. The van der Waals surface area contributed by atoms with Crippen LogP contribution < -0.4 is 0 Å². The molecule has 176 valence electrons. The average Bonchev–Trinajstić information content (AvgIpc) is 3.04. The van der Waals surface area contributed by atoms with Gasteiger partial charge in [-0.2, -0.15) is 5.10 Å². The quantitative estimate of drug-likeness (QED) is 0.641. The van der Waals surface area contributed by atoms with Crippen LogP contribution in [0.3, 0.4) is 0 Å². The number of aliphatic carboxylic acids is 1. The Morgan fingerprint density at radius 2 is 1.94 bits per heavy atom. The molecule has 0 amide bonds. The molecule has 0 saturated carbocycles. The fraction of sp³-hybridized carbons (Fsp3) is 0.600. The van der Waals surface area contributed by atoms with E-state index in [9.17, 15) is 15.0 Å². The Labute approximate surface area is 190 Å². The number of hydrogen-bond acceptors (Lipinski definition) is 5. The summed E-state index contributed by atoms with van der Waals surface area (Å²) < 4.78 is 12.7. The lowest BCUT2D eigenvalue weighted by molar-refractivity contribution is -0.137. The van der Waals surface area contributed by atoms with Crippen LogP contribution in [0, 0.1) is 0 Å². The first-order valence-corrected chi connectivity index (χ1v) is 11.2. The molecule has 1 atom stereocenters. The number of ether oxygens (including phenoxy) is 2. The second-order valence-corrected chi connectivity index (χ2v) is 10.0. The summed E-state index contributed by atoms with van der Waals surface area (Å²) in [6, 6.07) is 8.17. The number of benzene rings is 1. The largest absolute Gasteiger partial charge is 0.493 e. The van der Waals surface area contributed by atoms with Crippen molar-refractivity contribution in [3.05, 3.63) is 46.6 Å². The lowest BCUT2D eigenvalue weighted by Crippen LogP contribution is -2.38. The highest BCUT2D eigenvalue weighted by molar-refractivity contribution is 5.68. The monoisotopic (exact) mass is 444 g/mol. The van der Waals surface area contributed by atoms with E-state index >= 15 is 0 Å². The average molecular weight is 445 g/mol. The van der Waals surface area contributed by atoms with Gasteiger partial charge in [-0.15, -0.1) is 0 Å². The lowest BCUT2D eigenvalue weighted by atomic mass is 9.71. The summed E-state index contributed by atoms with van der Waals surface area (Å²) in [7, 11) is 3.40. The maximum absolute atomic E-state index is 11.8. The molecule has 0 radical (unpaired) electrons. The molecule has 1 saturated heterocycles. The molecule has 0 bridgehead atoms. The normalized spacial score (nSPS) is 17.3. The van der Waals surface area contributed by atoms with Gasteiger partial charge in [-0.3, -0.25) is 4.79 Å². The Bertz CT molecular complexity index is 913. The summed E-state index contributed by atoms with van der Waals surface area (Å²) in [5, 5.41) is 23.9. The Kier molecular flexibility index (Phi) is 7.30. The van der Waals surface area contributed by atoms with Crippen LogP contribution in [0.1, 0.15) is 68.3 Å². The van der Waals surface area contributed by atoms with Crippen LogP contribution in [0.2, 0.25) is 0 Å².